The average Bonchev–Trinajstić information content (AvgIpc) is 2.68. The molecule has 9 heteroatoms. The van der Waals surface area contributed by atoms with Gasteiger partial charge in [-0.15, -0.1) is 0 Å². The SMILES string of the molecule is CC(C)(C)OC(=O)C1(S(=O)(=O)N2CCC(c3ccc(O)cn3)CC2)CCOCC1. The Balaban J connectivity index is 1.78. The zero-order valence-corrected chi connectivity index (χ0v) is 18.1. The zero-order valence-electron chi connectivity index (χ0n) is 17.3. The number of sulfonamides is 1. The summed E-state index contributed by atoms with van der Waals surface area (Å²) in [7, 11) is -3.91. The number of piperidine rings is 1. The van der Waals surface area contributed by atoms with Crippen LogP contribution in [0.4, 0.5) is 0 Å². The van der Waals surface area contributed by atoms with Gasteiger partial charge in [0, 0.05) is 50.8 Å². The van der Waals surface area contributed by atoms with Crippen LogP contribution in [0.25, 0.3) is 0 Å². The van der Waals surface area contributed by atoms with Gasteiger partial charge in [-0.2, -0.15) is 0 Å². The van der Waals surface area contributed by atoms with Crippen molar-refractivity contribution in [2.75, 3.05) is 26.3 Å². The van der Waals surface area contributed by atoms with Crippen molar-refractivity contribution in [1.82, 2.24) is 9.29 Å². The molecule has 3 rings (SSSR count). The summed E-state index contributed by atoms with van der Waals surface area (Å²) in [5.74, 6) is -0.461. The third kappa shape index (κ3) is 4.57. The molecule has 0 spiro atoms. The minimum Gasteiger partial charge on any atom is -0.506 e. The summed E-state index contributed by atoms with van der Waals surface area (Å²) in [5.41, 5.74) is 0.0721. The van der Waals surface area contributed by atoms with Crippen molar-refractivity contribution < 1.29 is 27.8 Å². The molecule has 0 atom stereocenters. The molecule has 8 nitrogen and oxygen atoms in total. The van der Waals surface area contributed by atoms with E-state index in [9.17, 15) is 18.3 Å². The van der Waals surface area contributed by atoms with E-state index in [2.05, 4.69) is 4.98 Å². The molecular weight excluding hydrogens is 396 g/mol. The van der Waals surface area contributed by atoms with Crippen LogP contribution in [0, 0.1) is 0 Å². The lowest BCUT2D eigenvalue weighted by atomic mass is 9.94. The predicted octanol–water partition coefficient (Wildman–Crippen LogP) is 2.19. The van der Waals surface area contributed by atoms with Crippen LogP contribution in [0.3, 0.4) is 0 Å². The normalized spacial score (nSPS) is 21.6. The first-order valence-corrected chi connectivity index (χ1v) is 11.4. The molecule has 0 saturated carbocycles. The summed E-state index contributed by atoms with van der Waals surface area (Å²) >= 11 is 0. The van der Waals surface area contributed by atoms with Crippen LogP contribution in [0.1, 0.15) is 58.1 Å². The quantitative estimate of drug-likeness (QED) is 0.736. The maximum Gasteiger partial charge on any atom is 0.329 e. The Labute approximate surface area is 172 Å². The fourth-order valence-corrected chi connectivity index (χ4v) is 6.04. The number of carbonyl (C=O) groups excluding carboxylic acids is 1. The van der Waals surface area contributed by atoms with E-state index in [1.807, 2.05) is 0 Å². The third-order valence-electron chi connectivity index (χ3n) is 5.55. The smallest absolute Gasteiger partial charge is 0.329 e. The highest BCUT2D eigenvalue weighted by atomic mass is 32.2. The molecule has 0 bridgehead atoms. The number of ether oxygens (including phenoxy) is 2. The molecule has 29 heavy (non-hydrogen) atoms. The topological polar surface area (TPSA) is 106 Å². The summed E-state index contributed by atoms with van der Waals surface area (Å²) in [6.07, 6.45) is 2.82. The second-order valence-corrected chi connectivity index (χ2v) is 11.0. The van der Waals surface area contributed by atoms with Gasteiger partial charge in [-0.25, -0.2) is 12.7 Å². The van der Waals surface area contributed by atoms with Gasteiger partial charge in [0.2, 0.25) is 10.0 Å². The zero-order chi connectivity index (χ0) is 21.3. The summed E-state index contributed by atoms with van der Waals surface area (Å²) < 4.78 is 37.9. The first kappa shape index (κ1) is 22.0. The van der Waals surface area contributed by atoms with E-state index in [-0.39, 0.29) is 37.7 Å². The molecule has 1 N–H and O–H groups in total. The van der Waals surface area contributed by atoms with Gasteiger partial charge in [0.15, 0.2) is 4.75 Å². The molecule has 2 saturated heterocycles. The lowest BCUT2D eigenvalue weighted by Gasteiger charge is -2.41. The van der Waals surface area contributed by atoms with Crippen LogP contribution in [0.15, 0.2) is 18.3 Å². The van der Waals surface area contributed by atoms with Crippen LogP contribution < -0.4 is 0 Å². The number of esters is 1. The first-order chi connectivity index (χ1) is 13.6. The minimum atomic E-state index is -3.91. The van der Waals surface area contributed by atoms with Crippen LogP contribution in [-0.2, 0) is 24.3 Å². The highest BCUT2D eigenvalue weighted by Gasteiger charge is 2.56. The number of aromatic nitrogens is 1. The van der Waals surface area contributed by atoms with E-state index in [4.69, 9.17) is 9.47 Å². The fraction of sp³-hybridized carbons (Fsp3) is 0.700. The molecule has 2 aliphatic heterocycles. The highest BCUT2D eigenvalue weighted by molar-refractivity contribution is 7.91. The Kier molecular flexibility index (Phi) is 6.21. The number of carbonyl (C=O) groups is 1. The third-order valence-corrected chi connectivity index (χ3v) is 8.16. The molecule has 2 aliphatic rings. The fourth-order valence-electron chi connectivity index (χ4n) is 3.92. The van der Waals surface area contributed by atoms with Crippen molar-refractivity contribution in [1.29, 1.82) is 0 Å². The van der Waals surface area contributed by atoms with E-state index in [0.717, 1.165) is 5.69 Å². The highest BCUT2D eigenvalue weighted by Crippen LogP contribution is 2.38. The van der Waals surface area contributed by atoms with Gasteiger partial charge in [0.05, 0.1) is 6.20 Å². The summed E-state index contributed by atoms with van der Waals surface area (Å²) in [6, 6.07) is 3.36. The Morgan fingerprint density at radius 2 is 1.86 bits per heavy atom. The van der Waals surface area contributed by atoms with E-state index < -0.39 is 26.3 Å². The molecular formula is C20H30N2O6S. The maximum atomic E-state index is 13.6. The Bertz CT molecular complexity index is 818. The van der Waals surface area contributed by atoms with Crippen LogP contribution in [0.2, 0.25) is 0 Å². The number of pyridine rings is 1. The van der Waals surface area contributed by atoms with Crippen LogP contribution >= 0.6 is 0 Å². The van der Waals surface area contributed by atoms with Gasteiger partial charge in [-0.05, 0) is 45.7 Å². The second-order valence-electron chi connectivity index (χ2n) is 8.73. The Hall–Kier alpha value is -1.71. The molecule has 0 aromatic carbocycles. The predicted molar refractivity (Wildman–Crippen MR) is 107 cm³/mol. The van der Waals surface area contributed by atoms with Crippen molar-refractivity contribution in [2.45, 2.75) is 62.7 Å². The Morgan fingerprint density at radius 3 is 2.38 bits per heavy atom. The number of nitrogens with zero attached hydrogens (tertiary/aromatic N) is 2. The molecule has 0 unspecified atom stereocenters. The number of hydrogen-bond acceptors (Lipinski definition) is 7. The lowest BCUT2D eigenvalue weighted by Crippen LogP contribution is -2.58. The Morgan fingerprint density at radius 1 is 1.24 bits per heavy atom. The van der Waals surface area contributed by atoms with Crippen molar-refractivity contribution in [3.63, 3.8) is 0 Å². The maximum absolute atomic E-state index is 13.6. The molecule has 0 amide bonds. The monoisotopic (exact) mass is 426 g/mol. The molecule has 0 radical (unpaired) electrons. The summed E-state index contributed by atoms with van der Waals surface area (Å²) in [4.78, 5) is 17.3. The molecule has 1 aromatic rings. The van der Waals surface area contributed by atoms with E-state index in [1.165, 1.54) is 10.5 Å². The van der Waals surface area contributed by atoms with Gasteiger partial charge in [0.25, 0.3) is 0 Å². The average molecular weight is 427 g/mol. The van der Waals surface area contributed by atoms with Crippen LogP contribution in [0.5, 0.6) is 5.75 Å². The summed E-state index contributed by atoms with van der Waals surface area (Å²) in [5, 5.41) is 9.40. The van der Waals surface area contributed by atoms with E-state index in [0.29, 0.717) is 25.9 Å². The largest absolute Gasteiger partial charge is 0.506 e. The van der Waals surface area contributed by atoms with Crippen LogP contribution in [-0.4, -0.2) is 65.4 Å². The van der Waals surface area contributed by atoms with Gasteiger partial charge in [0.1, 0.15) is 11.4 Å². The van der Waals surface area contributed by atoms with Gasteiger partial charge in [-0.3, -0.25) is 9.78 Å². The van der Waals surface area contributed by atoms with E-state index in [1.54, 1.807) is 32.9 Å². The number of aromatic hydroxyl groups is 1. The van der Waals surface area contributed by atoms with Crippen molar-refractivity contribution in [2.24, 2.45) is 0 Å². The molecule has 2 fully saturated rings. The van der Waals surface area contributed by atoms with Gasteiger partial charge < -0.3 is 14.6 Å². The lowest BCUT2D eigenvalue weighted by molar-refractivity contribution is -0.161. The number of rotatable bonds is 4. The van der Waals surface area contributed by atoms with Crippen molar-refractivity contribution in [3.05, 3.63) is 24.0 Å². The molecule has 162 valence electrons. The van der Waals surface area contributed by atoms with E-state index >= 15 is 0 Å². The standard InChI is InChI=1S/C20H30N2O6S/c1-19(2,3)28-18(24)20(8-12-27-13-9-20)29(25,26)22-10-6-15(7-11-22)17-5-4-16(23)14-21-17/h4-5,14-15,23H,6-13H2,1-3H3. The van der Waals surface area contributed by atoms with Gasteiger partial charge >= 0.3 is 5.97 Å². The number of hydrogen-bond donors (Lipinski definition) is 1. The molecule has 1 aromatic heterocycles. The second kappa shape index (κ2) is 8.20. The molecule has 0 aliphatic carbocycles. The molecule has 3 heterocycles. The van der Waals surface area contributed by atoms with Crippen molar-refractivity contribution >= 4 is 16.0 Å². The first-order valence-electron chi connectivity index (χ1n) is 10.0. The van der Waals surface area contributed by atoms with Crippen molar-refractivity contribution in [3.8, 4) is 5.75 Å². The minimum absolute atomic E-state index is 0.101. The summed E-state index contributed by atoms with van der Waals surface area (Å²) in [6.45, 7) is 6.28. The van der Waals surface area contributed by atoms with Gasteiger partial charge in [-0.1, -0.05) is 0 Å².